The van der Waals surface area contributed by atoms with E-state index in [2.05, 4.69) is 10.2 Å². The van der Waals surface area contributed by atoms with Crippen LogP contribution in [-0.2, 0) is 0 Å². The van der Waals surface area contributed by atoms with Crippen LogP contribution in [0.25, 0.3) is 0 Å². The van der Waals surface area contributed by atoms with E-state index in [1.165, 1.54) is 12.1 Å². The van der Waals surface area contributed by atoms with E-state index in [0.717, 1.165) is 5.56 Å². The molecule has 0 amide bonds. The van der Waals surface area contributed by atoms with Gasteiger partial charge in [0, 0.05) is 6.07 Å². The number of nitrogens with zero attached hydrogens (tertiary/aromatic N) is 1. The minimum Gasteiger partial charge on any atom is -0.382 e. The van der Waals surface area contributed by atoms with Gasteiger partial charge in [0.1, 0.15) is 6.10 Å². The van der Waals surface area contributed by atoms with Gasteiger partial charge in [0.2, 0.25) is 0 Å². The van der Waals surface area contributed by atoms with Crippen LogP contribution in [0, 0.1) is 0 Å². The first kappa shape index (κ1) is 9.61. The van der Waals surface area contributed by atoms with E-state index in [9.17, 15) is 9.90 Å². The largest absolute Gasteiger partial charge is 0.382 e. The number of aromatic amines is 1. The molecule has 4 nitrogen and oxygen atoms in total. The molecular formula is C11H10N2O2. The van der Waals surface area contributed by atoms with E-state index >= 15 is 0 Å². The molecule has 0 spiro atoms. The number of benzene rings is 1. The first-order valence-electron chi connectivity index (χ1n) is 4.56. The molecule has 0 fully saturated rings. The number of aliphatic hydroxyl groups excluding tert-OH is 1. The molecule has 0 saturated carbocycles. The van der Waals surface area contributed by atoms with E-state index < -0.39 is 6.10 Å². The summed E-state index contributed by atoms with van der Waals surface area (Å²) < 4.78 is 0. The summed E-state index contributed by atoms with van der Waals surface area (Å²) in [5.41, 5.74) is 0.900. The molecule has 1 aromatic heterocycles. The second kappa shape index (κ2) is 4.06. The summed E-state index contributed by atoms with van der Waals surface area (Å²) in [6, 6.07) is 12.0. The van der Waals surface area contributed by atoms with Gasteiger partial charge < -0.3 is 5.11 Å². The van der Waals surface area contributed by atoms with Crippen molar-refractivity contribution in [3.05, 3.63) is 64.1 Å². The lowest BCUT2D eigenvalue weighted by atomic mass is 10.1. The topological polar surface area (TPSA) is 66.0 Å². The van der Waals surface area contributed by atoms with Crippen LogP contribution in [0.4, 0.5) is 0 Å². The normalized spacial score (nSPS) is 12.3. The highest BCUT2D eigenvalue weighted by molar-refractivity contribution is 5.24. The summed E-state index contributed by atoms with van der Waals surface area (Å²) >= 11 is 0. The minimum absolute atomic E-state index is 0.279. The molecule has 76 valence electrons. The Morgan fingerprint density at radius 2 is 1.87 bits per heavy atom. The Morgan fingerprint density at radius 3 is 2.47 bits per heavy atom. The van der Waals surface area contributed by atoms with Crippen LogP contribution in [0.5, 0.6) is 0 Å². The standard InChI is InChI=1S/C11H10N2O2/c14-10-7-6-9(12-13-10)11(15)8-4-2-1-3-5-8/h1-7,11,15H,(H,13,14). The second-order valence-electron chi connectivity index (χ2n) is 3.16. The molecule has 1 aromatic carbocycles. The van der Waals surface area contributed by atoms with Crippen LogP contribution < -0.4 is 5.56 Å². The Hall–Kier alpha value is -1.94. The Bertz CT molecular complexity index is 473. The van der Waals surface area contributed by atoms with Gasteiger partial charge in [-0.1, -0.05) is 30.3 Å². The van der Waals surface area contributed by atoms with Crippen molar-refractivity contribution >= 4 is 0 Å². The third kappa shape index (κ3) is 2.11. The maximum atomic E-state index is 10.8. The summed E-state index contributed by atoms with van der Waals surface area (Å²) in [6.07, 6.45) is -0.803. The SMILES string of the molecule is O=c1ccc(C(O)c2ccccc2)n[nH]1. The number of hydrogen-bond donors (Lipinski definition) is 2. The fourth-order valence-electron chi connectivity index (χ4n) is 1.31. The van der Waals surface area contributed by atoms with Crippen LogP contribution >= 0.6 is 0 Å². The number of aromatic nitrogens is 2. The fourth-order valence-corrected chi connectivity index (χ4v) is 1.31. The van der Waals surface area contributed by atoms with Crippen LogP contribution in [0.1, 0.15) is 17.4 Å². The predicted octanol–water partition coefficient (Wildman–Crippen LogP) is 0.852. The first-order valence-corrected chi connectivity index (χ1v) is 4.56. The number of H-pyrrole nitrogens is 1. The van der Waals surface area contributed by atoms with Crippen molar-refractivity contribution in [3.63, 3.8) is 0 Å². The maximum Gasteiger partial charge on any atom is 0.264 e. The Labute approximate surface area is 86.2 Å². The predicted molar refractivity (Wildman–Crippen MR) is 55.4 cm³/mol. The molecule has 0 aliphatic rings. The lowest BCUT2D eigenvalue weighted by molar-refractivity contribution is 0.214. The number of aliphatic hydroxyl groups is 1. The highest BCUT2D eigenvalue weighted by Gasteiger charge is 2.10. The van der Waals surface area contributed by atoms with E-state index in [4.69, 9.17) is 0 Å². The van der Waals surface area contributed by atoms with Crippen LogP contribution in [-0.4, -0.2) is 15.3 Å². The van der Waals surface area contributed by atoms with Crippen LogP contribution in [0.2, 0.25) is 0 Å². The minimum atomic E-state index is -0.803. The zero-order valence-corrected chi connectivity index (χ0v) is 7.92. The third-order valence-corrected chi connectivity index (χ3v) is 2.10. The van der Waals surface area contributed by atoms with Crippen molar-refractivity contribution in [1.82, 2.24) is 10.2 Å². The molecule has 4 heteroatoms. The van der Waals surface area contributed by atoms with Gasteiger partial charge in [0.15, 0.2) is 0 Å². The molecule has 1 heterocycles. The van der Waals surface area contributed by atoms with Gasteiger partial charge in [0.25, 0.3) is 5.56 Å². The maximum absolute atomic E-state index is 10.8. The van der Waals surface area contributed by atoms with Gasteiger partial charge in [-0.3, -0.25) is 4.79 Å². The van der Waals surface area contributed by atoms with E-state index in [0.29, 0.717) is 5.69 Å². The average molecular weight is 202 g/mol. The Morgan fingerprint density at radius 1 is 1.13 bits per heavy atom. The second-order valence-corrected chi connectivity index (χ2v) is 3.16. The summed E-state index contributed by atoms with van der Waals surface area (Å²) in [6.45, 7) is 0. The molecule has 15 heavy (non-hydrogen) atoms. The Kier molecular flexibility index (Phi) is 2.60. The van der Waals surface area contributed by atoms with Crippen molar-refractivity contribution in [2.24, 2.45) is 0 Å². The van der Waals surface area contributed by atoms with Crippen molar-refractivity contribution in [2.75, 3.05) is 0 Å². The number of rotatable bonds is 2. The van der Waals surface area contributed by atoms with Crippen molar-refractivity contribution < 1.29 is 5.11 Å². The van der Waals surface area contributed by atoms with Crippen molar-refractivity contribution in [1.29, 1.82) is 0 Å². The molecular weight excluding hydrogens is 192 g/mol. The lowest BCUT2D eigenvalue weighted by Crippen LogP contribution is -2.10. The number of hydrogen-bond acceptors (Lipinski definition) is 3. The molecule has 1 unspecified atom stereocenters. The summed E-state index contributed by atoms with van der Waals surface area (Å²) in [4.78, 5) is 10.8. The molecule has 0 aliphatic carbocycles. The number of nitrogens with one attached hydrogen (secondary N) is 1. The molecule has 0 radical (unpaired) electrons. The highest BCUT2D eigenvalue weighted by atomic mass is 16.3. The zero-order chi connectivity index (χ0) is 10.7. The van der Waals surface area contributed by atoms with Gasteiger partial charge >= 0.3 is 0 Å². The van der Waals surface area contributed by atoms with Gasteiger partial charge in [0.05, 0.1) is 5.69 Å². The molecule has 1 atom stereocenters. The van der Waals surface area contributed by atoms with Gasteiger partial charge in [-0.25, -0.2) is 5.10 Å². The fraction of sp³-hybridized carbons (Fsp3) is 0.0909. The molecule has 2 rings (SSSR count). The smallest absolute Gasteiger partial charge is 0.264 e. The quantitative estimate of drug-likeness (QED) is 0.758. The Balaban J connectivity index is 2.32. The van der Waals surface area contributed by atoms with E-state index in [1.807, 2.05) is 18.2 Å². The first-order chi connectivity index (χ1) is 7.27. The van der Waals surface area contributed by atoms with Gasteiger partial charge in [-0.2, -0.15) is 5.10 Å². The average Bonchev–Trinajstić information content (AvgIpc) is 2.30. The summed E-state index contributed by atoms with van der Waals surface area (Å²) in [7, 11) is 0. The zero-order valence-electron chi connectivity index (χ0n) is 7.92. The summed E-state index contributed by atoms with van der Waals surface area (Å²) in [5, 5.41) is 16.0. The highest BCUT2D eigenvalue weighted by Crippen LogP contribution is 2.17. The monoisotopic (exact) mass is 202 g/mol. The molecule has 2 aromatic rings. The van der Waals surface area contributed by atoms with Gasteiger partial charge in [-0.05, 0) is 11.6 Å². The summed E-state index contributed by atoms with van der Waals surface area (Å²) in [5.74, 6) is 0. The lowest BCUT2D eigenvalue weighted by Gasteiger charge is -2.08. The molecule has 0 saturated heterocycles. The van der Waals surface area contributed by atoms with Gasteiger partial charge in [-0.15, -0.1) is 0 Å². The molecule has 2 N–H and O–H groups in total. The van der Waals surface area contributed by atoms with E-state index in [1.54, 1.807) is 12.1 Å². The molecule has 0 bridgehead atoms. The van der Waals surface area contributed by atoms with Crippen LogP contribution in [0.15, 0.2) is 47.3 Å². The van der Waals surface area contributed by atoms with Crippen molar-refractivity contribution in [2.45, 2.75) is 6.10 Å². The van der Waals surface area contributed by atoms with Crippen molar-refractivity contribution in [3.8, 4) is 0 Å². The van der Waals surface area contributed by atoms with Crippen LogP contribution in [0.3, 0.4) is 0 Å². The van der Waals surface area contributed by atoms with E-state index in [-0.39, 0.29) is 5.56 Å². The third-order valence-electron chi connectivity index (χ3n) is 2.10. The molecule has 0 aliphatic heterocycles.